The molecule has 2 rings (SSSR count). The molecule has 1 unspecified atom stereocenters. The fourth-order valence-electron chi connectivity index (χ4n) is 1.78. The number of nitrogens with two attached hydrogens (primary N) is 1. The molecule has 20 heavy (non-hydrogen) atoms. The van der Waals surface area contributed by atoms with Crippen molar-refractivity contribution in [2.24, 2.45) is 5.73 Å². The summed E-state index contributed by atoms with van der Waals surface area (Å²) in [5.41, 5.74) is 6.11. The number of nitrogens with one attached hydrogen (secondary N) is 1. The standard InChI is InChI=1S/C14H11BrClFN2O/c15-9-5-1-2-7-11(9)19-13(14(18)20)8-4-3-6-10(16)12(8)17/h1-7,13,19H,(H2,18,20). The van der Waals surface area contributed by atoms with E-state index >= 15 is 0 Å². The zero-order chi connectivity index (χ0) is 14.7. The maximum atomic E-state index is 14.0. The van der Waals surface area contributed by atoms with Gasteiger partial charge in [0.25, 0.3) is 0 Å². The molecule has 6 heteroatoms. The normalized spacial score (nSPS) is 11.9. The molecule has 3 nitrogen and oxygen atoms in total. The van der Waals surface area contributed by atoms with Gasteiger partial charge in [-0.15, -0.1) is 0 Å². The third-order valence-corrected chi connectivity index (χ3v) is 3.73. The molecule has 0 aromatic heterocycles. The Hall–Kier alpha value is -1.59. The van der Waals surface area contributed by atoms with E-state index in [0.717, 1.165) is 4.47 Å². The van der Waals surface area contributed by atoms with Gasteiger partial charge >= 0.3 is 0 Å². The van der Waals surface area contributed by atoms with Gasteiger partial charge in [-0.3, -0.25) is 4.79 Å². The highest BCUT2D eigenvalue weighted by Crippen LogP contribution is 2.29. The number of para-hydroxylation sites is 1. The molecule has 0 aliphatic carbocycles. The number of amides is 1. The number of hydrogen-bond donors (Lipinski definition) is 2. The Morgan fingerprint density at radius 1 is 1.25 bits per heavy atom. The van der Waals surface area contributed by atoms with Crippen LogP contribution in [0.2, 0.25) is 5.02 Å². The van der Waals surface area contributed by atoms with Crippen molar-refractivity contribution >= 4 is 39.1 Å². The predicted molar refractivity (Wildman–Crippen MR) is 81.1 cm³/mol. The summed E-state index contributed by atoms with van der Waals surface area (Å²) in [5.74, 6) is -1.35. The molecule has 0 fully saturated rings. The number of hydrogen-bond acceptors (Lipinski definition) is 2. The van der Waals surface area contributed by atoms with Crippen molar-refractivity contribution < 1.29 is 9.18 Å². The maximum Gasteiger partial charge on any atom is 0.244 e. The van der Waals surface area contributed by atoms with Crippen molar-refractivity contribution in [3.8, 4) is 0 Å². The Kier molecular flexibility index (Phi) is 4.62. The number of anilines is 1. The van der Waals surface area contributed by atoms with E-state index in [1.54, 1.807) is 24.3 Å². The summed E-state index contributed by atoms with van der Waals surface area (Å²) in [6.07, 6.45) is 0. The van der Waals surface area contributed by atoms with Gasteiger partial charge in [-0.1, -0.05) is 35.9 Å². The van der Waals surface area contributed by atoms with Crippen molar-refractivity contribution in [3.63, 3.8) is 0 Å². The highest BCUT2D eigenvalue weighted by molar-refractivity contribution is 9.10. The molecule has 1 amide bonds. The van der Waals surface area contributed by atoms with Crippen LogP contribution in [0.1, 0.15) is 11.6 Å². The summed E-state index contributed by atoms with van der Waals surface area (Å²) < 4.78 is 14.8. The van der Waals surface area contributed by atoms with Crippen molar-refractivity contribution in [2.75, 3.05) is 5.32 Å². The first-order valence-corrected chi connectivity index (χ1v) is 6.92. The van der Waals surface area contributed by atoms with Crippen molar-refractivity contribution in [1.29, 1.82) is 0 Å². The molecule has 0 spiro atoms. The topological polar surface area (TPSA) is 55.1 Å². The van der Waals surface area contributed by atoms with E-state index < -0.39 is 17.8 Å². The lowest BCUT2D eigenvalue weighted by molar-refractivity contribution is -0.118. The maximum absolute atomic E-state index is 14.0. The van der Waals surface area contributed by atoms with Gasteiger partial charge < -0.3 is 11.1 Å². The van der Waals surface area contributed by atoms with E-state index in [-0.39, 0.29) is 10.6 Å². The zero-order valence-electron chi connectivity index (χ0n) is 10.2. The molecular weight excluding hydrogens is 347 g/mol. The molecule has 0 aliphatic rings. The average molecular weight is 358 g/mol. The van der Waals surface area contributed by atoms with Crippen LogP contribution in [0.3, 0.4) is 0 Å². The lowest BCUT2D eigenvalue weighted by Crippen LogP contribution is -2.28. The van der Waals surface area contributed by atoms with Gasteiger partial charge in [0, 0.05) is 15.7 Å². The third kappa shape index (κ3) is 3.11. The minimum absolute atomic E-state index is 0.0531. The summed E-state index contributed by atoms with van der Waals surface area (Å²) in [6.45, 7) is 0. The van der Waals surface area contributed by atoms with Crippen LogP contribution in [-0.2, 0) is 4.79 Å². The van der Waals surface area contributed by atoms with E-state index in [0.29, 0.717) is 5.69 Å². The first-order valence-electron chi connectivity index (χ1n) is 5.75. The van der Waals surface area contributed by atoms with Crippen LogP contribution in [0.5, 0.6) is 0 Å². The van der Waals surface area contributed by atoms with Crippen molar-refractivity contribution in [1.82, 2.24) is 0 Å². The number of halogens is 3. The summed E-state index contributed by atoms with van der Waals surface area (Å²) >= 11 is 9.08. The summed E-state index contributed by atoms with van der Waals surface area (Å²) in [4.78, 5) is 11.6. The van der Waals surface area contributed by atoms with Crippen molar-refractivity contribution in [2.45, 2.75) is 6.04 Å². The second-order valence-corrected chi connectivity index (χ2v) is 5.36. The van der Waals surface area contributed by atoms with E-state index in [9.17, 15) is 9.18 Å². The van der Waals surface area contributed by atoms with Crippen LogP contribution in [0.4, 0.5) is 10.1 Å². The van der Waals surface area contributed by atoms with Gasteiger partial charge in [-0.05, 0) is 34.1 Å². The number of carbonyl (C=O) groups excluding carboxylic acids is 1. The Morgan fingerprint density at radius 2 is 1.95 bits per heavy atom. The third-order valence-electron chi connectivity index (χ3n) is 2.75. The molecule has 0 saturated heterocycles. The van der Waals surface area contributed by atoms with Crippen molar-refractivity contribution in [3.05, 3.63) is 63.3 Å². The monoisotopic (exact) mass is 356 g/mol. The van der Waals surface area contributed by atoms with Crippen LogP contribution in [-0.4, -0.2) is 5.91 Å². The molecule has 3 N–H and O–H groups in total. The van der Waals surface area contributed by atoms with Crippen LogP contribution >= 0.6 is 27.5 Å². The average Bonchev–Trinajstić information content (AvgIpc) is 2.41. The van der Waals surface area contributed by atoms with E-state index in [4.69, 9.17) is 17.3 Å². The summed E-state index contributed by atoms with van der Waals surface area (Å²) in [7, 11) is 0. The van der Waals surface area contributed by atoms with Gasteiger partial charge in [0.1, 0.15) is 11.9 Å². The van der Waals surface area contributed by atoms with Gasteiger partial charge in [0.2, 0.25) is 5.91 Å². The summed E-state index contributed by atoms with van der Waals surface area (Å²) in [5, 5.41) is 2.86. The molecule has 0 saturated carbocycles. The molecular formula is C14H11BrClFN2O. The minimum atomic E-state index is -1.01. The second-order valence-electron chi connectivity index (χ2n) is 4.10. The molecule has 0 aliphatic heterocycles. The molecule has 0 bridgehead atoms. The number of rotatable bonds is 4. The minimum Gasteiger partial charge on any atom is -0.369 e. The Labute approximate surface area is 129 Å². The fraction of sp³-hybridized carbons (Fsp3) is 0.0714. The van der Waals surface area contributed by atoms with Crippen LogP contribution in [0.25, 0.3) is 0 Å². The van der Waals surface area contributed by atoms with Gasteiger partial charge in [0.05, 0.1) is 5.02 Å². The molecule has 2 aromatic carbocycles. The molecule has 2 aromatic rings. The van der Waals surface area contributed by atoms with Crippen LogP contribution < -0.4 is 11.1 Å². The number of benzene rings is 2. The van der Waals surface area contributed by atoms with E-state index in [2.05, 4.69) is 21.2 Å². The second kappa shape index (κ2) is 6.24. The number of primary amides is 1. The SMILES string of the molecule is NC(=O)C(Nc1ccccc1Br)c1cccc(Cl)c1F. The van der Waals surface area contributed by atoms with E-state index in [1.165, 1.54) is 12.1 Å². The van der Waals surface area contributed by atoms with Gasteiger partial charge in [0.15, 0.2) is 0 Å². The van der Waals surface area contributed by atoms with Crippen LogP contribution in [0, 0.1) is 5.82 Å². The van der Waals surface area contributed by atoms with Gasteiger partial charge in [-0.25, -0.2) is 4.39 Å². The van der Waals surface area contributed by atoms with Crippen LogP contribution in [0.15, 0.2) is 46.9 Å². The highest BCUT2D eigenvalue weighted by Gasteiger charge is 2.23. The Morgan fingerprint density at radius 3 is 2.60 bits per heavy atom. The largest absolute Gasteiger partial charge is 0.369 e. The molecule has 104 valence electrons. The fourth-order valence-corrected chi connectivity index (χ4v) is 2.36. The molecule has 1 atom stereocenters. The first-order chi connectivity index (χ1) is 9.50. The lowest BCUT2D eigenvalue weighted by atomic mass is 10.1. The summed E-state index contributed by atoms with van der Waals surface area (Å²) in [6, 6.07) is 10.6. The first kappa shape index (κ1) is 14.8. The highest BCUT2D eigenvalue weighted by atomic mass is 79.9. The zero-order valence-corrected chi connectivity index (χ0v) is 12.6. The molecule has 0 radical (unpaired) electrons. The van der Waals surface area contributed by atoms with E-state index in [1.807, 2.05) is 6.07 Å². The predicted octanol–water partition coefficient (Wildman–Crippen LogP) is 3.88. The lowest BCUT2D eigenvalue weighted by Gasteiger charge is -2.19. The number of carbonyl (C=O) groups is 1. The Bertz CT molecular complexity index is 651. The Balaban J connectivity index is 2.40. The van der Waals surface area contributed by atoms with Gasteiger partial charge in [-0.2, -0.15) is 0 Å². The smallest absolute Gasteiger partial charge is 0.244 e. The quantitative estimate of drug-likeness (QED) is 0.872. The molecule has 0 heterocycles.